The van der Waals surface area contributed by atoms with E-state index in [1.54, 1.807) is 10.9 Å². The summed E-state index contributed by atoms with van der Waals surface area (Å²) in [4.78, 5) is 0. The van der Waals surface area contributed by atoms with E-state index in [1.165, 1.54) is 11.1 Å². The first kappa shape index (κ1) is 23.0. The highest BCUT2D eigenvalue weighted by atomic mass is 16.3. The summed E-state index contributed by atoms with van der Waals surface area (Å²) < 4.78 is 7.50. The molecule has 0 unspecified atom stereocenters. The smallest absolute Gasteiger partial charge is 0.176 e. The highest BCUT2D eigenvalue weighted by Gasteiger charge is 2.14. The first-order valence-electron chi connectivity index (χ1n) is 11.7. The van der Waals surface area contributed by atoms with Crippen LogP contribution in [0.3, 0.4) is 0 Å². The summed E-state index contributed by atoms with van der Waals surface area (Å²) in [6, 6.07) is 20.2. The number of nitriles is 1. The normalized spacial score (nSPS) is 11.3. The van der Waals surface area contributed by atoms with Crippen LogP contribution in [0.25, 0.3) is 33.5 Å². The fourth-order valence-electron chi connectivity index (χ4n) is 4.01. The van der Waals surface area contributed by atoms with Crippen LogP contribution in [0.5, 0.6) is 0 Å². The molecule has 0 saturated carbocycles. The van der Waals surface area contributed by atoms with Crippen LogP contribution < -0.4 is 5.43 Å². The molecule has 0 saturated heterocycles. The Bertz CT molecular complexity index is 1620. The maximum absolute atomic E-state index is 8.94. The fraction of sp³-hybridized carbons (Fsp3) is 0.179. The summed E-state index contributed by atoms with van der Waals surface area (Å²) in [6.45, 7) is 6.57. The van der Waals surface area contributed by atoms with Crippen molar-refractivity contribution in [2.45, 2.75) is 33.7 Å². The summed E-state index contributed by atoms with van der Waals surface area (Å²) in [6.07, 6.45) is 3.89. The molecule has 2 aromatic carbocycles. The summed E-state index contributed by atoms with van der Waals surface area (Å²) in [5.41, 5.74) is 8.78. The van der Waals surface area contributed by atoms with Crippen molar-refractivity contribution in [2.24, 2.45) is 5.10 Å². The molecular formula is C28H25N7O. The fourth-order valence-corrected chi connectivity index (χ4v) is 4.01. The minimum atomic E-state index is 0.363. The molecule has 0 radical (unpaired) electrons. The summed E-state index contributed by atoms with van der Waals surface area (Å²) in [7, 11) is 0. The highest BCUT2D eigenvalue weighted by Crippen LogP contribution is 2.31. The van der Waals surface area contributed by atoms with Gasteiger partial charge in [-0.3, -0.25) is 10.1 Å². The Kier molecular flexibility index (Phi) is 6.29. The van der Waals surface area contributed by atoms with Crippen molar-refractivity contribution in [2.75, 3.05) is 5.43 Å². The third kappa shape index (κ3) is 4.59. The number of hydrazone groups is 1. The van der Waals surface area contributed by atoms with Gasteiger partial charge in [0.1, 0.15) is 17.1 Å². The third-order valence-electron chi connectivity index (χ3n) is 6.06. The van der Waals surface area contributed by atoms with Gasteiger partial charge in [0.2, 0.25) is 0 Å². The average molecular weight is 476 g/mol. The van der Waals surface area contributed by atoms with Gasteiger partial charge in [-0.05, 0) is 50.1 Å². The van der Waals surface area contributed by atoms with Gasteiger partial charge in [0.25, 0.3) is 0 Å². The van der Waals surface area contributed by atoms with E-state index in [0.29, 0.717) is 30.2 Å². The molecule has 0 fully saturated rings. The van der Waals surface area contributed by atoms with Crippen LogP contribution >= 0.6 is 0 Å². The number of fused-ring (bicyclic) bond motifs is 1. The topological polar surface area (TPSA) is 105 Å². The van der Waals surface area contributed by atoms with E-state index in [1.807, 2.05) is 49.5 Å². The third-order valence-corrected chi connectivity index (χ3v) is 6.06. The van der Waals surface area contributed by atoms with Gasteiger partial charge in [-0.25, -0.2) is 0 Å². The number of hydrogen-bond acceptors (Lipinski definition) is 7. The van der Waals surface area contributed by atoms with Crippen LogP contribution in [-0.4, -0.2) is 26.2 Å². The molecule has 0 bridgehead atoms. The van der Waals surface area contributed by atoms with E-state index >= 15 is 0 Å². The first-order chi connectivity index (χ1) is 17.5. The van der Waals surface area contributed by atoms with Crippen molar-refractivity contribution in [3.8, 4) is 28.8 Å². The standard InChI is InChI=1S/C28H25N7O/c1-18-9-11-21(15-19(18)2)26-23-7-4-5-8-24(23)28(33-31-26)32-30-16-22-17-35(14-6-13-29)34-27(22)25-12-10-20(3)36-25/h4-5,7-12,15-17H,6,14H2,1-3H3,(H,32,33)/b30-16+. The zero-order chi connectivity index (χ0) is 25.1. The number of anilines is 1. The molecule has 3 aromatic heterocycles. The van der Waals surface area contributed by atoms with Gasteiger partial charge in [-0.15, -0.1) is 10.2 Å². The van der Waals surface area contributed by atoms with Crippen molar-refractivity contribution >= 4 is 22.8 Å². The SMILES string of the molecule is Cc1ccc(-c2nn(CCC#N)cc2/C=N/Nc2nnc(-c3ccc(C)c(C)c3)c3ccccc23)o1. The van der Waals surface area contributed by atoms with Gasteiger partial charge < -0.3 is 4.42 Å². The monoisotopic (exact) mass is 475 g/mol. The molecule has 0 atom stereocenters. The van der Waals surface area contributed by atoms with E-state index in [-0.39, 0.29) is 0 Å². The highest BCUT2D eigenvalue weighted by molar-refractivity contribution is 6.00. The van der Waals surface area contributed by atoms with Gasteiger partial charge in [0.15, 0.2) is 11.6 Å². The van der Waals surface area contributed by atoms with Crippen molar-refractivity contribution in [3.05, 3.63) is 83.2 Å². The Hall–Kier alpha value is -4.77. The molecule has 8 heteroatoms. The van der Waals surface area contributed by atoms with Crippen LogP contribution in [0, 0.1) is 32.1 Å². The molecule has 1 N–H and O–H groups in total. The van der Waals surface area contributed by atoms with E-state index in [9.17, 15) is 0 Å². The number of aromatic nitrogens is 4. The molecule has 36 heavy (non-hydrogen) atoms. The first-order valence-corrected chi connectivity index (χ1v) is 11.7. The Morgan fingerprint density at radius 1 is 1.00 bits per heavy atom. The maximum Gasteiger partial charge on any atom is 0.176 e. The van der Waals surface area contributed by atoms with Crippen molar-refractivity contribution < 1.29 is 4.42 Å². The summed E-state index contributed by atoms with van der Waals surface area (Å²) >= 11 is 0. The van der Waals surface area contributed by atoms with E-state index < -0.39 is 0 Å². The molecule has 0 aliphatic rings. The zero-order valence-electron chi connectivity index (χ0n) is 20.4. The lowest BCUT2D eigenvalue weighted by Crippen LogP contribution is -1.99. The molecule has 8 nitrogen and oxygen atoms in total. The second kappa shape index (κ2) is 9.84. The number of hydrogen-bond donors (Lipinski definition) is 1. The number of rotatable bonds is 7. The molecular weight excluding hydrogens is 450 g/mol. The lowest BCUT2D eigenvalue weighted by atomic mass is 10.0. The van der Waals surface area contributed by atoms with Crippen LogP contribution in [0.15, 0.2) is 70.3 Å². The number of nitrogens with one attached hydrogen (secondary N) is 1. The van der Waals surface area contributed by atoms with Crippen molar-refractivity contribution in [1.29, 1.82) is 5.26 Å². The predicted octanol–water partition coefficient (Wildman–Crippen LogP) is 6.04. The van der Waals surface area contributed by atoms with Gasteiger partial charge >= 0.3 is 0 Å². The van der Waals surface area contributed by atoms with E-state index in [4.69, 9.17) is 9.68 Å². The summed E-state index contributed by atoms with van der Waals surface area (Å²) in [5.74, 6) is 2.00. The van der Waals surface area contributed by atoms with Crippen LogP contribution in [-0.2, 0) is 6.54 Å². The molecule has 0 spiro atoms. The largest absolute Gasteiger partial charge is 0.460 e. The van der Waals surface area contributed by atoms with Crippen LogP contribution in [0.1, 0.15) is 28.9 Å². The molecule has 3 heterocycles. The summed E-state index contributed by atoms with van der Waals surface area (Å²) in [5, 5.41) is 28.9. The maximum atomic E-state index is 8.94. The number of furan rings is 1. The number of aryl methyl sites for hydroxylation is 4. The Morgan fingerprint density at radius 2 is 1.83 bits per heavy atom. The Balaban J connectivity index is 1.47. The van der Waals surface area contributed by atoms with E-state index in [2.05, 4.69) is 63.9 Å². The molecule has 5 aromatic rings. The number of nitrogens with zero attached hydrogens (tertiary/aromatic N) is 6. The second-order valence-electron chi connectivity index (χ2n) is 8.63. The Labute approximate surface area is 208 Å². The lowest BCUT2D eigenvalue weighted by Gasteiger charge is -2.10. The molecule has 0 amide bonds. The minimum Gasteiger partial charge on any atom is -0.460 e. The van der Waals surface area contributed by atoms with Crippen LogP contribution in [0.4, 0.5) is 5.82 Å². The average Bonchev–Trinajstić information content (AvgIpc) is 3.50. The second-order valence-corrected chi connectivity index (χ2v) is 8.63. The van der Waals surface area contributed by atoms with Gasteiger partial charge in [-0.2, -0.15) is 15.5 Å². The Morgan fingerprint density at radius 3 is 2.58 bits per heavy atom. The van der Waals surface area contributed by atoms with Crippen LogP contribution in [0.2, 0.25) is 0 Å². The zero-order valence-corrected chi connectivity index (χ0v) is 20.4. The minimum absolute atomic E-state index is 0.363. The van der Waals surface area contributed by atoms with E-state index in [0.717, 1.165) is 33.4 Å². The van der Waals surface area contributed by atoms with Gasteiger partial charge in [-0.1, -0.05) is 36.4 Å². The van der Waals surface area contributed by atoms with Gasteiger partial charge in [0.05, 0.1) is 25.2 Å². The van der Waals surface area contributed by atoms with Crippen molar-refractivity contribution in [1.82, 2.24) is 20.0 Å². The van der Waals surface area contributed by atoms with Gasteiger partial charge in [0, 0.05) is 28.1 Å². The van der Waals surface area contributed by atoms with Crippen molar-refractivity contribution in [3.63, 3.8) is 0 Å². The predicted molar refractivity (Wildman–Crippen MR) is 141 cm³/mol. The lowest BCUT2D eigenvalue weighted by molar-refractivity contribution is 0.542. The molecule has 0 aliphatic heterocycles. The number of benzene rings is 2. The quantitative estimate of drug-likeness (QED) is 0.227. The molecule has 5 rings (SSSR count). The molecule has 0 aliphatic carbocycles. The molecule has 178 valence electrons.